The molecule has 1 aromatic heterocycles. The summed E-state index contributed by atoms with van der Waals surface area (Å²) in [4.78, 5) is 9.43. The molecule has 1 aliphatic rings. The van der Waals surface area contributed by atoms with Crippen molar-refractivity contribution in [2.75, 3.05) is 5.32 Å². The molecule has 0 saturated heterocycles. The molecule has 0 amide bonds. The van der Waals surface area contributed by atoms with Crippen LogP contribution in [-0.2, 0) is 0 Å². The Labute approximate surface area is 154 Å². The van der Waals surface area contributed by atoms with Gasteiger partial charge in [-0.2, -0.15) is 4.98 Å². The van der Waals surface area contributed by atoms with E-state index in [4.69, 9.17) is 11.6 Å². The van der Waals surface area contributed by atoms with Gasteiger partial charge in [-0.1, -0.05) is 53.3 Å². The standard InChI is InChI=1S/C19H14ClN3OS/c1-11-13(12-6-2-4-8-15(12)21-11)10-17-18(24)23-19(25-17)22-16-9-5-3-7-14(16)20/h2-10,24H,1H3,(H,22,23). The highest BCUT2D eigenvalue weighted by Crippen LogP contribution is 2.39. The highest BCUT2D eigenvalue weighted by atomic mass is 35.5. The van der Waals surface area contributed by atoms with Crippen LogP contribution in [0, 0.1) is 0 Å². The molecule has 0 bridgehead atoms. The predicted molar refractivity (Wildman–Crippen MR) is 106 cm³/mol. The van der Waals surface area contributed by atoms with Gasteiger partial charge in [-0.25, -0.2) is 0 Å². The van der Waals surface area contributed by atoms with Crippen molar-refractivity contribution in [1.82, 2.24) is 4.98 Å². The largest absolute Gasteiger partial charge is 0.492 e. The van der Waals surface area contributed by atoms with Crippen molar-refractivity contribution in [2.45, 2.75) is 6.92 Å². The van der Waals surface area contributed by atoms with E-state index in [2.05, 4.69) is 15.3 Å². The molecule has 6 heteroatoms. The molecular formula is C19H14ClN3OS. The fourth-order valence-corrected chi connectivity index (χ4v) is 3.70. The fourth-order valence-electron chi connectivity index (χ4n) is 2.70. The number of aromatic nitrogens is 1. The first-order valence-electron chi connectivity index (χ1n) is 7.70. The van der Waals surface area contributed by atoms with Crippen LogP contribution in [0.4, 0.5) is 16.5 Å². The third-order valence-electron chi connectivity index (χ3n) is 3.90. The molecule has 124 valence electrons. The Morgan fingerprint density at radius 2 is 1.88 bits per heavy atom. The highest BCUT2D eigenvalue weighted by Gasteiger charge is 2.19. The number of fused-ring (bicyclic) bond motifs is 1. The second-order valence-electron chi connectivity index (χ2n) is 5.58. The molecule has 4 nitrogen and oxygen atoms in total. The number of anilines is 2. The maximum Gasteiger partial charge on any atom is 0.231 e. The second-order valence-corrected chi connectivity index (χ2v) is 7.02. The van der Waals surface area contributed by atoms with Gasteiger partial charge in [0, 0.05) is 16.8 Å². The van der Waals surface area contributed by atoms with Crippen molar-refractivity contribution in [2.24, 2.45) is 4.99 Å². The number of hydrogen-bond acceptors (Lipinski definition) is 5. The Hall–Kier alpha value is -2.63. The van der Waals surface area contributed by atoms with E-state index < -0.39 is 0 Å². The Morgan fingerprint density at radius 1 is 1.12 bits per heavy atom. The van der Waals surface area contributed by atoms with Crippen molar-refractivity contribution in [3.63, 3.8) is 0 Å². The fraction of sp³-hybridized carbons (Fsp3) is 0.0526. The molecule has 2 aromatic carbocycles. The van der Waals surface area contributed by atoms with E-state index in [1.165, 1.54) is 11.3 Å². The van der Waals surface area contributed by atoms with E-state index in [9.17, 15) is 5.11 Å². The number of rotatable bonds is 3. The maximum atomic E-state index is 10.2. The summed E-state index contributed by atoms with van der Waals surface area (Å²) in [7, 11) is 0. The lowest BCUT2D eigenvalue weighted by atomic mass is 10.0. The summed E-state index contributed by atoms with van der Waals surface area (Å²) >= 11 is 7.52. The van der Waals surface area contributed by atoms with Gasteiger partial charge in [0.05, 0.1) is 21.3 Å². The Kier molecular flexibility index (Phi) is 4.03. The molecule has 0 saturated carbocycles. The van der Waals surface area contributed by atoms with Gasteiger partial charge in [0.2, 0.25) is 5.88 Å². The summed E-state index contributed by atoms with van der Waals surface area (Å²) < 4.78 is 0. The Morgan fingerprint density at radius 3 is 2.72 bits per heavy atom. The van der Waals surface area contributed by atoms with Crippen LogP contribution in [0.15, 0.2) is 53.5 Å². The van der Waals surface area contributed by atoms with Crippen LogP contribution in [0.5, 0.6) is 5.88 Å². The number of allylic oxidation sites excluding steroid dienone is 1. The molecule has 0 fully saturated rings. The van der Waals surface area contributed by atoms with Gasteiger partial charge in [0.15, 0.2) is 5.13 Å². The summed E-state index contributed by atoms with van der Waals surface area (Å²) in [6.45, 7) is 1.97. The topological polar surface area (TPSA) is 57.5 Å². The smallest absolute Gasteiger partial charge is 0.231 e. The minimum Gasteiger partial charge on any atom is -0.492 e. The molecule has 0 unspecified atom stereocenters. The summed E-state index contributed by atoms with van der Waals surface area (Å²) in [5, 5.41) is 14.5. The number of nitrogens with zero attached hydrogens (tertiary/aromatic N) is 2. The van der Waals surface area contributed by atoms with Crippen LogP contribution in [0.2, 0.25) is 5.02 Å². The number of aromatic hydroxyl groups is 1. The number of aliphatic imine (C=N–C) groups is 1. The third-order valence-corrected chi connectivity index (χ3v) is 5.13. The van der Waals surface area contributed by atoms with Gasteiger partial charge >= 0.3 is 0 Å². The van der Waals surface area contributed by atoms with E-state index in [0.717, 1.165) is 28.2 Å². The average molecular weight is 368 g/mol. The molecule has 3 aromatic rings. The summed E-state index contributed by atoms with van der Waals surface area (Å²) in [6.07, 6.45) is 1.93. The Balaban J connectivity index is 1.68. The molecule has 2 N–H and O–H groups in total. The number of para-hydroxylation sites is 2. The number of halogens is 1. The summed E-state index contributed by atoms with van der Waals surface area (Å²) in [5.74, 6) is -0.00997. The van der Waals surface area contributed by atoms with E-state index in [-0.39, 0.29) is 5.88 Å². The van der Waals surface area contributed by atoms with Crippen LogP contribution >= 0.6 is 22.9 Å². The van der Waals surface area contributed by atoms with Crippen LogP contribution in [0.1, 0.15) is 17.4 Å². The van der Waals surface area contributed by atoms with Crippen molar-refractivity contribution >= 4 is 56.8 Å². The highest BCUT2D eigenvalue weighted by molar-refractivity contribution is 7.16. The molecule has 0 spiro atoms. The minimum atomic E-state index is -0.00997. The van der Waals surface area contributed by atoms with Gasteiger partial charge in [-0.05, 0) is 31.2 Å². The zero-order chi connectivity index (χ0) is 17.4. The molecule has 4 rings (SSSR count). The van der Waals surface area contributed by atoms with E-state index in [0.29, 0.717) is 15.0 Å². The molecule has 0 atom stereocenters. The normalized spacial score (nSPS) is 14.5. The average Bonchev–Trinajstić information content (AvgIpc) is 3.10. The van der Waals surface area contributed by atoms with Crippen LogP contribution in [0.25, 0.3) is 11.6 Å². The van der Waals surface area contributed by atoms with E-state index in [1.807, 2.05) is 55.5 Å². The van der Waals surface area contributed by atoms with Crippen molar-refractivity contribution in [3.8, 4) is 5.88 Å². The first-order chi connectivity index (χ1) is 12.1. The maximum absolute atomic E-state index is 10.2. The van der Waals surface area contributed by atoms with Crippen molar-refractivity contribution in [3.05, 3.63) is 64.0 Å². The minimum absolute atomic E-state index is 0.00997. The van der Waals surface area contributed by atoms with Gasteiger partial charge in [-0.3, -0.25) is 4.99 Å². The van der Waals surface area contributed by atoms with Gasteiger partial charge in [-0.15, -0.1) is 0 Å². The number of thiazole rings is 1. The SMILES string of the molecule is CC1=Nc2ccccc2C1=Cc1sc(Nc2ccccc2Cl)nc1O. The lowest BCUT2D eigenvalue weighted by molar-refractivity contribution is 0.457. The van der Waals surface area contributed by atoms with Gasteiger partial charge in [0.25, 0.3) is 0 Å². The quantitative estimate of drug-likeness (QED) is 0.606. The molecule has 0 radical (unpaired) electrons. The predicted octanol–water partition coefficient (Wildman–Crippen LogP) is 5.89. The second kappa shape index (κ2) is 6.35. The number of hydrogen-bond donors (Lipinski definition) is 2. The first kappa shape index (κ1) is 15.9. The zero-order valence-corrected chi connectivity index (χ0v) is 14.9. The first-order valence-corrected chi connectivity index (χ1v) is 8.89. The molecule has 25 heavy (non-hydrogen) atoms. The Bertz CT molecular complexity index is 1020. The monoisotopic (exact) mass is 367 g/mol. The van der Waals surface area contributed by atoms with Crippen LogP contribution in [-0.4, -0.2) is 15.8 Å². The van der Waals surface area contributed by atoms with Crippen molar-refractivity contribution < 1.29 is 5.11 Å². The number of nitrogens with one attached hydrogen (secondary N) is 1. The summed E-state index contributed by atoms with van der Waals surface area (Å²) in [6, 6.07) is 15.4. The molecule has 0 aliphatic carbocycles. The molecular weight excluding hydrogens is 354 g/mol. The van der Waals surface area contributed by atoms with Gasteiger partial charge < -0.3 is 10.4 Å². The molecule has 2 heterocycles. The number of benzene rings is 2. The summed E-state index contributed by atoms with van der Waals surface area (Å²) in [5.41, 5.74) is 4.69. The lowest BCUT2D eigenvalue weighted by Crippen LogP contribution is -1.89. The van der Waals surface area contributed by atoms with E-state index >= 15 is 0 Å². The molecule has 1 aliphatic heterocycles. The third kappa shape index (κ3) is 3.04. The van der Waals surface area contributed by atoms with Crippen LogP contribution in [0.3, 0.4) is 0 Å². The van der Waals surface area contributed by atoms with Crippen molar-refractivity contribution in [1.29, 1.82) is 0 Å². The van der Waals surface area contributed by atoms with E-state index in [1.54, 1.807) is 6.07 Å². The van der Waals surface area contributed by atoms with Crippen LogP contribution < -0.4 is 5.32 Å². The zero-order valence-electron chi connectivity index (χ0n) is 13.3. The van der Waals surface area contributed by atoms with Gasteiger partial charge in [0.1, 0.15) is 0 Å². The lowest BCUT2D eigenvalue weighted by Gasteiger charge is -2.03.